The lowest BCUT2D eigenvalue weighted by atomic mass is 9.94. The first kappa shape index (κ1) is 14.4. The molecule has 0 radical (unpaired) electrons. The fourth-order valence-corrected chi connectivity index (χ4v) is 3.22. The molecule has 5 nitrogen and oxygen atoms in total. The SMILES string of the molecule is CC(C)Cc1nnc(NC(=O)CC2CCNCC2)s1. The van der Waals surface area contributed by atoms with Crippen LogP contribution in [-0.2, 0) is 11.2 Å². The molecular weight excluding hydrogens is 260 g/mol. The van der Waals surface area contributed by atoms with E-state index in [1.807, 2.05) is 0 Å². The Kier molecular flexibility index (Phi) is 5.27. The number of piperidine rings is 1. The zero-order valence-corrected chi connectivity index (χ0v) is 12.4. The topological polar surface area (TPSA) is 66.9 Å². The summed E-state index contributed by atoms with van der Waals surface area (Å²) < 4.78 is 0. The van der Waals surface area contributed by atoms with Crippen molar-refractivity contribution < 1.29 is 4.79 Å². The maximum atomic E-state index is 11.9. The lowest BCUT2D eigenvalue weighted by Crippen LogP contribution is -2.30. The molecule has 0 bridgehead atoms. The average molecular weight is 282 g/mol. The molecule has 1 amide bonds. The Morgan fingerprint density at radius 2 is 2.16 bits per heavy atom. The first-order valence-electron chi connectivity index (χ1n) is 6.96. The fraction of sp³-hybridized carbons (Fsp3) is 0.769. The summed E-state index contributed by atoms with van der Waals surface area (Å²) in [4.78, 5) is 11.9. The third kappa shape index (κ3) is 4.87. The minimum absolute atomic E-state index is 0.0687. The molecule has 1 aromatic rings. The van der Waals surface area contributed by atoms with E-state index in [0.717, 1.165) is 37.4 Å². The van der Waals surface area contributed by atoms with Crippen LogP contribution >= 0.6 is 11.3 Å². The number of nitrogens with one attached hydrogen (secondary N) is 2. The van der Waals surface area contributed by atoms with Crippen molar-refractivity contribution in [3.05, 3.63) is 5.01 Å². The molecule has 1 aliphatic heterocycles. The number of aromatic nitrogens is 2. The lowest BCUT2D eigenvalue weighted by molar-refractivity contribution is -0.117. The van der Waals surface area contributed by atoms with Gasteiger partial charge in [-0.3, -0.25) is 4.79 Å². The molecule has 0 saturated carbocycles. The summed E-state index contributed by atoms with van der Waals surface area (Å²) in [6.45, 7) is 6.35. The number of carbonyl (C=O) groups excluding carboxylic acids is 1. The number of rotatable bonds is 5. The molecular formula is C13H22N4OS. The second-order valence-electron chi connectivity index (χ2n) is 5.54. The molecule has 0 aliphatic carbocycles. The number of amides is 1. The van der Waals surface area contributed by atoms with Gasteiger partial charge in [0.05, 0.1) is 0 Å². The van der Waals surface area contributed by atoms with Gasteiger partial charge in [0.2, 0.25) is 11.0 Å². The van der Waals surface area contributed by atoms with Gasteiger partial charge in [0.1, 0.15) is 5.01 Å². The van der Waals surface area contributed by atoms with Crippen molar-refractivity contribution in [1.29, 1.82) is 0 Å². The zero-order chi connectivity index (χ0) is 13.7. The van der Waals surface area contributed by atoms with Crippen LogP contribution in [0.5, 0.6) is 0 Å². The molecule has 106 valence electrons. The number of nitrogens with zero attached hydrogens (tertiary/aromatic N) is 2. The van der Waals surface area contributed by atoms with Crippen molar-refractivity contribution in [2.24, 2.45) is 11.8 Å². The number of hydrogen-bond acceptors (Lipinski definition) is 5. The summed E-state index contributed by atoms with van der Waals surface area (Å²) in [6, 6.07) is 0. The summed E-state index contributed by atoms with van der Waals surface area (Å²) >= 11 is 1.49. The standard InChI is InChI=1S/C13H22N4OS/c1-9(2)7-12-16-17-13(19-12)15-11(18)8-10-3-5-14-6-4-10/h9-10,14H,3-8H2,1-2H3,(H,15,17,18). The Labute approximate surface area is 118 Å². The molecule has 1 aromatic heterocycles. The maximum absolute atomic E-state index is 11.9. The van der Waals surface area contributed by atoms with Gasteiger partial charge < -0.3 is 10.6 Å². The van der Waals surface area contributed by atoms with E-state index < -0.39 is 0 Å². The fourth-order valence-electron chi connectivity index (χ4n) is 2.25. The van der Waals surface area contributed by atoms with Crippen LogP contribution in [0.4, 0.5) is 5.13 Å². The van der Waals surface area contributed by atoms with E-state index in [-0.39, 0.29) is 5.91 Å². The van der Waals surface area contributed by atoms with E-state index in [1.54, 1.807) is 0 Å². The summed E-state index contributed by atoms with van der Waals surface area (Å²) in [5.74, 6) is 1.13. The lowest BCUT2D eigenvalue weighted by Gasteiger charge is -2.21. The highest BCUT2D eigenvalue weighted by molar-refractivity contribution is 7.15. The molecule has 0 spiro atoms. The van der Waals surface area contributed by atoms with Gasteiger partial charge >= 0.3 is 0 Å². The molecule has 2 N–H and O–H groups in total. The van der Waals surface area contributed by atoms with Crippen molar-refractivity contribution in [3.8, 4) is 0 Å². The monoisotopic (exact) mass is 282 g/mol. The van der Waals surface area contributed by atoms with Gasteiger partial charge in [0.25, 0.3) is 0 Å². The van der Waals surface area contributed by atoms with Crippen LogP contribution in [0.15, 0.2) is 0 Å². The Bertz CT molecular complexity index is 413. The van der Waals surface area contributed by atoms with Crippen molar-refractivity contribution >= 4 is 22.4 Å². The molecule has 1 aliphatic rings. The van der Waals surface area contributed by atoms with E-state index in [0.29, 0.717) is 23.4 Å². The highest BCUT2D eigenvalue weighted by atomic mass is 32.1. The molecule has 2 rings (SSSR count). The minimum atomic E-state index is 0.0687. The van der Waals surface area contributed by atoms with Crippen LogP contribution < -0.4 is 10.6 Å². The molecule has 19 heavy (non-hydrogen) atoms. The molecule has 1 saturated heterocycles. The Balaban J connectivity index is 1.79. The van der Waals surface area contributed by atoms with Crippen LogP contribution in [0.1, 0.15) is 38.1 Å². The van der Waals surface area contributed by atoms with Gasteiger partial charge in [-0.25, -0.2) is 0 Å². The van der Waals surface area contributed by atoms with Crippen LogP contribution in [0.3, 0.4) is 0 Å². The second kappa shape index (κ2) is 6.96. The number of hydrogen-bond donors (Lipinski definition) is 2. The van der Waals surface area contributed by atoms with E-state index in [2.05, 4.69) is 34.7 Å². The normalized spacial score (nSPS) is 16.8. The summed E-state index contributed by atoms with van der Waals surface area (Å²) in [7, 11) is 0. The molecule has 1 fully saturated rings. The first-order valence-corrected chi connectivity index (χ1v) is 7.78. The Morgan fingerprint density at radius 1 is 1.42 bits per heavy atom. The quantitative estimate of drug-likeness (QED) is 0.867. The smallest absolute Gasteiger partial charge is 0.226 e. The number of anilines is 1. The van der Waals surface area contributed by atoms with Gasteiger partial charge in [0, 0.05) is 12.8 Å². The van der Waals surface area contributed by atoms with E-state index in [1.165, 1.54) is 11.3 Å². The minimum Gasteiger partial charge on any atom is -0.317 e. The van der Waals surface area contributed by atoms with E-state index >= 15 is 0 Å². The molecule has 6 heteroatoms. The Morgan fingerprint density at radius 3 is 2.84 bits per heavy atom. The van der Waals surface area contributed by atoms with Gasteiger partial charge in [0.15, 0.2) is 0 Å². The predicted molar refractivity (Wildman–Crippen MR) is 77.3 cm³/mol. The van der Waals surface area contributed by atoms with Crippen LogP contribution in [0.25, 0.3) is 0 Å². The van der Waals surface area contributed by atoms with Crippen molar-refractivity contribution in [2.75, 3.05) is 18.4 Å². The maximum Gasteiger partial charge on any atom is 0.226 e. The zero-order valence-electron chi connectivity index (χ0n) is 11.6. The average Bonchev–Trinajstić information content (AvgIpc) is 2.76. The van der Waals surface area contributed by atoms with E-state index in [4.69, 9.17) is 0 Å². The second-order valence-corrected chi connectivity index (χ2v) is 6.61. The van der Waals surface area contributed by atoms with Crippen LogP contribution in [0.2, 0.25) is 0 Å². The molecule has 0 unspecified atom stereocenters. The third-order valence-electron chi connectivity index (χ3n) is 3.23. The molecule has 0 atom stereocenters. The summed E-state index contributed by atoms with van der Waals surface area (Å²) in [5, 5.41) is 15.9. The van der Waals surface area contributed by atoms with E-state index in [9.17, 15) is 4.79 Å². The van der Waals surface area contributed by atoms with Crippen LogP contribution in [0, 0.1) is 11.8 Å². The highest BCUT2D eigenvalue weighted by Crippen LogP contribution is 2.20. The van der Waals surface area contributed by atoms with Gasteiger partial charge in [-0.2, -0.15) is 0 Å². The largest absolute Gasteiger partial charge is 0.317 e. The summed E-state index contributed by atoms with van der Waals surface area (Å²) in [6.07, 6.45) is 3.69. The third-order valence-corrected chi connectivity index (χ3v) is 4.09. The summed E-state index contributed by atoms with van der Waals surface area (Å²) in [5.41, 5.74) is 0. The van der Waals surface area contributed by atoms with Gasteiger partial charge in [-0.15, -0.1) is 10.2 Å². The van der Waals surface area contributed by atoms with Gasteiger partial charge in [-0.1, -0.05) is 25.2 Å². The van der Waals surface area contributed by atoms with Crippen LogP contribution in [-0.4, -0.2) is 29.2 Å². The number of carbonyl (C=O) groups is 1. The van der Waals surface area contributed by atoms with Crippen molar-refractivity contribution in [1.82, 2.24) is 15.5 Å². The van der Waals surface area contributed by atoms with Crippen molar-refractivity contribution in [3.63, 3.8) is 0 Å². The molecule has 0 aromatic carbocycles. The highest BCUT2D eigenvalue weighted by Gasteiger charge is 2.17. The first-order chi connectivity index (χ1) is 9.13. The predicted octanol–water partition coefficient (Wildman–Crippen LogP) is 2.06. The molecule has 2 heterocycles. The Hall–Kier alpha value is -1.01. The van der Waals surface area contributed by atoms with Crippen molar-refractivity contribution in [2.45, 2.75) is 39.5 Å². The van der Waals surface area contributed by atoms with Gasteiger partial charge in [-0.05, 0) is 37.8 Å².